The smallest absolute Gasteiger partial charge is 0.257 e. The molecule has 4 nitrogen and oxygen atoms in total. The number of hydrogen-bond acceptors (Lipinski definition) is 3. The van der Waals surface area contributed by atoms with Gasteiger partial charge >= 0.3 is 0 Å². The number of rotatable bonds is 5. The molecule has 3 aromatic rings. The Bertz CT molecular complexity index is 915. The molecule has 1 amide bonds. The molecule has 0 aliphatic heterocycles. The van der Waals surface area contributed by atoms with Gasteiger partial charge in [-0.1, -0.05) is 35.3 Å². The number of halogens is 3. The number of hydrogen-bond donors (Lipinski definition) is 2. The number of pyridine rings is 1. The number of aromatic nitrogens is 1. The summed E-state index contributed by atoms with van der Waals surface area (Å²) in [5, 5.41) is 6.68. The molecule has 0 unspecified atom stereocenters. The highest BCUT2D eigenvalue weighted by Crippen LogP contribution is 2.25. The second-order valence-corrected chi connectivity index (χ2v) is 6.33. The maximum atomic E-state index is 12.9. The van der Waals surface area contributed by atoms with Crippen LogP contribution < -0.4 is 10.6 Å². The van der Waals surface area contributed by atoms with Gasteiger partial charge in [0.15, 0.2) is 0 Å². The lowest BCUT2D eigenvalue weighted by Crippen LogP contribution is -2.13. The van der Waals surface area contributed by atoms with Gasteiger partial charge < -0.3 is 10.6 Å². The molecule has 0 spiro atoms. The van der Waals surface area contributed by atoms with Gasteiger partial charge in [-0.05, 0) is 48.0 Å². The van der Waals surface area contributed by atoms with Crippen molar-refractivity contribution in [2.75, 3.05) is 10.6 Å². The van der Waals surface area contributed by atoms with Crippen LogP contribution >= 0.6 is 23.2 Å². The zero-order valence-electron chi connectivity index (χ0n) is 13.5. The molecule has 2 aromatic carbocycles. The summed E-state index contributed by atoms with van der Waals surface area (Å²) < 4.78 is 12.9. The first-order valence-electron chi connectivity index (χ1n) is 7.72. The van der Waals surface area contributed by atoms with E-state index in [1.54, 1.807) is 42.5 Å². The zero-order valence-corrected chi connectivity index (χ0v) is 15.0. The summed E-state index contributed by atoms with van der Waals surface area (Å²) in [7, 11) is 0. The maximum absolute atomic E-state index is 12.9. The monoisotopic (exact) mass is 389 g/mol. The van der Waals surface area contributed by atoms with Gasteiger partial charge in [-0.15, -0.1) is 0 Å². The van der Waals surface area contributed by atoms with Gasteiger partial charge in [0.2, 0.25) is 0 Å². The molecule has 7 heteroatoms. The van der Waals surface area contributed by atoms with Gasteiger partial charge in [0, 0.05) is 17.8 Å². The first-order valence-corrected chi connectivity index (χ1v) is 8.47. The Hall–Kier alpha value is -2.63. The Morgan fingerprint density at radius 1 is 1.04 bits per heavy atom. The van der Waals surface area contributed by atoms with Gasteiger partial charge in [0.25, 0.3) is 5.91 Å². The fourth-order valence-electron chi connectivity index (χ4n) is 2.22. The Morgan fingerprint density at radius 3 is 2.50 bits per heavy atom. The van der Waals surface area contributed by atoms with Crippen LogP contribution in [-0.2, 0) is 6.54 Å². The summed E-state index contributed by atoms with van der Waals surface area (Å²) in [5.41, 5.74) is 1.74. The second-order valence-electron chi connectivity index (χ2n) is 5.49. The van der Waals surface area contributed by atoms with E-state index < -0.39 is 0 Å². The number of amides is 1. The summed E-state index contributed by atoms with van der Waals surface area (Å²) in [6.45, 7) is 0.497. The standard InChI is InChI=1S/C19H14Cl2FN3O/c20-14-4-7-16(21)17(9-14)25-19(26)13-3-8-18(24-11-13)23-10-12-1-5-15(22)6-2-12/h1-9,11H,10H2,(H,23,24)(H,25,26). The summed E-state index contributed by atoms with van der Waals surface area (Å²) in [5.74, 6) is -0.0135. The lowest BCUT2D eigenvalue weighted by atomic mass is 10.2. The minimum atomic E-state index is -0.341. The van der Waals surface area contributed by atoms with Gasteiger partial charge in [-0.2, -0.15) is 0 Å². The fourth-order valence-corrected chi connectivity index (χ4v) is 2.55. The van der Waals surface area contributed by atoms with Crippen LogP contribution in [0.2, 0.25) is 10.0 Å². The SMILES string of the molecule is O=C(Nc1cc(Cl)ccc1Cl)c1ccc(NCc2ccc(F)cc2)nc1. The third-order valence-electron chi connectivity index (χ3n) is 3.59. The van der Waals surface area contributed by atoms with Crippen LogP contribution in [0.5, 0.6) is 0 Å². The molecule has 0 saturated heterocycles. The topological polar surface area (TPSA) is 54.0 Å². The first kappa shape index (κ1) is 18.2. The van der Waals surface area contributed by atoms with E-state index in [-0.39, 0.29) is 11.7 Å². The molecule has 0 fully saturated rings. The van der Waals surface area contributed by atoms with Crippen molar-refractivity contribution < 1.29 is 9.18 Å². The Labute approximate surface area is 160 Å². The molecule has 26 heavy (non-hydrogen) atoms. The molecule has 132 valence electrons. The van der Waals surface area contributed by atoms with Crippen molar-refractivity contribution in [1.82, 2.24) is 4.98 Å². The van der Waals surface area contributed by atoms with Gasteiger partial charge in [0.1, 0.15) is 11.6 Å². The molecule has 0 aliphatic carbocycles. The summed E-state index contributed by atoms with van der Waals surface area (Å²) in [6.07, 6.45) is 1.46. The van der Waals surface area contributed by atoms with Crippen molar-refractivity contribution in [3.63, 3.8) is 0 Å². The van der Waals surface area contributed by atoms with E-state index in [1.165, 1.54) is 18.3 Å². The van der Waals surface area contributed by atoms with Crippen LogP contribution in [-0.4, -0.2) is 10.9 Å². The van der Waals surface area contributed by atoms with Crippen LogP contribution in [0.4, 0.5) is 15.9 Å². The highest BCUT2D eigenvalue weighted by atomic mass is 35.5. The molecule has 0 aliphatic rings. The van der Waals surface area contributed by atoms with Crippen LogP contribution in [0, 0.1) is 5.82 Å². The van der Waals surface area contributed by atoms with Crippen molar-refractivity contribution in [1.29, 1.82) is 0 Å². The molecule has 2 N–H and O–H groups in total. The molecule has 0 radical (unpaired) electrons. The Balaban J connectivity index is 1.62. The molecule has 0 bridgehead atoms. The second kappa shape index (κ2) is 8.17. The van der Waals surface area contributed by atoms with E-state index in [9.17, 15) is 9.18 Å². The quantitative estimate of drug-likeness (QED) is 0.614. The Morgan fingerprint density at radius 2 is 1.81 bits per heavy atom. The maximum Gasteiger partial charge on any atom is 0.257 e. The van der Waals surface area contributed by atoms with Gasteiger partial charge in [-0.3, -0.25) is 4.79 Å². The molecule has 0 atom stereocenters. The third-order valence-corrected chi connectivity index (χ3v) is 4.15. The fraction of sp³-hybridized carbons (Fsp3) is 0.0526. The summed E-state index contributed by atoms with van der Waals surface area (Å²) >= 11 is 11.9. The highest BCUT2D eigenvalue weighted by molar-refractivity contribution is 6.35. The number of benzene rings is 2. The lowest BCUT2D eigenvalue weighted by Gasteiger charge is -2.09. The van der Waals surface area contributed by atoms with E-state index in [2.05, 4.69) is 15.6 Å². The number of carbonyl (C=O) groups excluding carboxylic acids is 1. The largest absolute Gasteiger partial charge is 0.366 e. The van der Waals surface area contributed by atoms with Gasteiger partial charge in [0.05, 0.1) is 16.3 Å². The minimum absolute atomic E-state index is 0.276. The Kier molecular flexibility index (Phi) is 5.71. The highest BCUT2D eigenvalue weighted by Gasteiger charge is 2.10. The van der Waals surface area contributed by atoms with E-state index in [0.29, 0.717) is 33.7 Å². The molecule has 3 rings (SSSR count). The first-order chi connectivity index (χ1) is 12.5. The molecule has 1 heterocycles. The third kappa shape index (κ3) is 4.71. The summed E-state index contributed by atoms with van der Waals surface area (Å²) in [6, 6.07) is 14.4. The number of nitrogens with one attached hydrogen (secondary N) is 2. The van der Waals surface area contributed by atoms with Gasteiger partial charge in [-0.25, -0.2) is 9.37 Å². The number of carbonyl (C=O) groups is 1. The molecular formula is C19H14Cl2FN3O. The number of nitrogens with zero attached hydrogens (tertiary/aromatic N) is 1. The van der Waals surface area contributed by atoms with E-state index in [0.717, 1.165) is 5.56 Å². The van der Waals surface area contributed by atoms with E-state index >= 15 is 0 Å². The normalized spacial score (nSPS) is 10.4. The van der Waals surface area contributed by atoms with E-state index in [4.69, 9.17) is 23.2 Å². The van der Waals surface area contributed by atoms with Crippen LogP contribution in [0.15, 0.2) is 60.8 Å². The van der Waals surface area contributed by atoms with Crippen LogP contribution in [0.3, 0.4) is 0 Å². The van der Waals surface area contributed by atoms with Crippen molar-refractivity contribution in [2.24, 2.45) is 0 Å². The van der Waals surface area contributed by atoms with Crippen LogP contribution in [0.1, 0.15) is 15.9 Å². The molecule has 1 aromatic heterocycles. The van der Waals surface area contributed by atoms with Crippen LogP contribution in [0.25, 0.3) is 0 Å². The predicted molar refractivity (Wildman–Crippen MR) is 102 cm³/mol. The van der Waals surface area contributed by atoms with Crippen molar-refractivity contribution in [3.05, 3.63) is 87.8 Å². The average Bonchev–Trinajstić information content (AvgIpc) is 2.64. The van der Waals surface area contributed by atoms with Crippen molar-refractivity contribution >= 4 is 40.6 Å². The van der Waals surface area contributed by atoms with Crippen molar-refractivity contribution in [3.8, 4) is 0 Å². The van der Waals surface area contributed by atoms with Crippen molar-refractivity contribution in [2.45, 2.75) is 6.54 Å². The molecular weight excluding hydrogens is 376 g/mol. The lowest BCUT2D eigenvalue weighted by molar-refractivity contribution is 0.102. The number of anilines is 2. The zero-order chi connectivity index (χ0) is 18.5. The summed E-state index contributed by atoms with van der Waals surface area (Å²) in [4.78, 5) is 16.5. The van der Waals surface area contributed by atoms with E-state index in [1.807, 2.05) is 0 Å². The average molecular weight is 390 g/mol. The molecule has 0 saturated carbocycles. The minimum Gasteiger partial charge on any atom is -0.366 e. The predicted octanol–water partition coefficient (Wildman–Crippen LogP) is 5.39.